The molecule has 174 valence electrons. The lowest BCUT2D eigenvalue weighted by atomic mass is 9.99. The highest BCUT2D eigenvalue weighted by Gasteiger charge is 2.25. The molecule has 0 radical (unpaired) electrons. The molecule has 1 atom stereocenters. The topological polar surface area (TPSA) is 94.3 Å². The molecule has 7 nitrogen and oxygen atoms in total. The number of para-hydroxylation sites is 2. The number of hydrogen-bond acceptors (Lipinski definition) is 6. The summed E-state index contributed by atoms with van der Waals surface area (Å²) in [7, 11) is 0. The molecule has 0 bridgehead atoms. The standard InChI is InChI=1S/C28H23N3O4/c1-3-22(26(32)31-24-16-6-9-17(2)29-24)35-28(33)20-13-8-11-18-10-7-12-19(25(18)20)27-30-21-14-4-5-15-23(21)34-27/h4-16,22H,3H2,1-2H3,(H,29,31,32). The number of nitrogens with one attached hydrogen (secondary N) is 1. The van der Waals surface area contributed by atoms with Crippen molar-refractivity contribution in [3.63, 3.8) is 0 Å². The molecule has 1 amide bonds. The molecule has 0 aliphatic heterocycles. The summed E-state index contributed by atoms with van der Waals surface area (Å²) in [5.74, 6) is -0.211. The van der Waals surface area contributed by atoms with Gasteiger partial charge >= 0.3 is 5.97 Å². The third kappa shape index (κ3) is 4.48. The van der Waals surface area contributed by atoms with Crippen LogP contribution in [0.4, 0.5) is 5.82 Å². The van der Waals surface area contributed by atoms with Gasteiger partial charge in [-0.2, -0.15) is 0 Å². The SMILES string of the molecule is CCC(OC(=O)c1cccc2cccc(-c3nc4ccccc4o3)c12)C(=O)Nc1cccc(C)n1. The summed E-state index contributed by atoms with van der Waals surface area (Å²) in [5, 5.41) is 4.22. The molecule has 0 spiro atoms. The molecule has 1 unspecified atom stereocenters. The average Bonchev–Trinajstić information content (AvgIpc) is 3.30. The summed E-state index contributed by atoms with van der Waals surface area (Å²) in [4.78, 5) is 35.0. The first-order valence-corrected chi connectivity index (χ1v) is 11.4. The molecule has 3 aromatic carbocycles. The molecule has 35 heavy (non-hydrogen) atoms. The highest BCUT2D eigenvalue weighted by Crippen LogP contribution is 2.33. The first-order valence-electron chi connectivity index (χ1n) is 11.4. The lowest BCUT2D eigenvalue weighted by Crippen LogP contribution is -2.32. The first kappa shape index (κ1) is 22.3. The molecule has 2 heterocycles. The van der Waals surface area contributed by atoms with Crippen molar-refractivity contribution in [2.24, 2.45) is 0 Å². The van der Waals surface area contributed by atoms with Crippen LogP contribution < -0.4 is 5.32 Å². The summed E-state index contributed by atoms with van der Waals surface area (Å²) in [6.45, 7) is 3.62. The smallest absolute Gasteiger partial charge is 0.339 e. The molecule has 0 aliphatic rings. The van der Waals surface area contributed by atoms with Crippen molar-refractivity contribution in [2.75, 3.05) is 5.32 Å². The molecule has 1 N–H and O–H groups in total. The van der Waals surface area contributed by atoms with Gasteiger partial charge in [-0.1, -0.05) is 49.4 Å². The van der Waals surface area contributed by atoms with Gasteiger partial charge < -0.3 is 14.5 Å². The third-order valence-electron chi connectivity index (χ3n) is 5.70. The Morgan fingerprint density at radius 2 is 1.71 bits per heavy atom. The number of hydrogen-bond donors (Lipinski definition) is 1. The summed E-state index contributed by atoms with van der Waals surface area (Å²) in [6, 6.07) is 23.8. The number of amides is 1. The van der Waals surface area contributed by atoms with Crippen LogP contribution in [0.3, 0.4) is 0 Å². The zero-order valence-corrected chi connectivity index (χ0v) is 19.3. The van der Waals surface area contributed by atoms with Crippen molar-refractivity contribution in [1.29, 1.82) is 0 Å². The van der Waals surface area contributed by atoms with Gasteiger partial charge in [-0.25, -0.2) is 14.8 Å². The van der Waals surface area contributed by atoms with Crippen LogP contribution in [0.5, 0.6) is 0 Å². The number of carbonyl (C=O) groups is 2. The predicted octanol–water partition coefficient (Wildman–Crippen LogP) is 5.93. The van der Waals surface area contributed by atoms with Gasteiger partial charge in [0.25, 0.3) is 5.91 Å². The Morgan fingerprint density at radius 3 is 2.49 bits per heavy atom. The molecular formula is C28H23N3O4. The van der Waals surface area contributed by atoms with Crippen molar-refractivity contribution in [3.05, 3.63) is 90.1 Å². The molecule has 0 fully saturated rings. The fraction of sp³-hybridized carbons (Fsp3) is 0.143. The second-order valence-electron chi connectivity index (χ2n) is 8.15. The van der Waals surface area contributed by atoms with E-state index in [1.807, 2.05) is 61.5 Å². The minimum Gasteiger partial charge on any atom is -0.449 e. The molecule has 2 aromatic heterocycles. The van der Waals surface area contributed by atoms with E-state index < -0.39 is 18.0 Å². The number of esters is 1. The highest BCUT2D eigenvalue weighted by molar-refractivity contribution is 6.10. The van der Waals surface area contributed by atoms with Crippen molar-refractivity contribution >= 4 is 39.6 Å². The van der Waals surface area contributed by atoms with Gasteiger partial charge in [-0.15, -0.1) is 0 Å². The number of anilines is 1. The van der Waals surface area contributed by atoms with Crippen molar-refractivity contribution < 1.29 is 18.7 Å². The Balaban J connectivity index is 1.48. The lowest BCUT2D eigenvalue weighted by Gasteiger charge is -2.17. The largest absolute Gasteiger partial charge is 0.449 e. The Hall–Kier alpha value is -4.52. The Bertz CT molecular complexity index is 1520. The van der Waals surface area contributed by atoms with Crippen LogP contribution in [-0.2, 0) is 9.53 Å². The number of pyridine rings is 1. The average molecular weight is 466 g/mol. The van der Waals surface area contributed by atoms with Gasteiger partial charge in [0.15, 0.2) is 11.7 Å². The number of rotatable bonds is 6. The normalized spacial score (nSPS) is 11.9. The number of nitrogens with zero attached hydrogens (tertiary/aromatic N) is 2. The molecule has 0 saturated heterocycles. The van der Waals surface area contributed by atoms with Gasteiger partial charge in [0.2, 0.25) is 5.89 Å². The molecule has 0 aliphatic carbocycles. The Labute approximate surface area is 201 Å². The zero-order chi connectivity index (χ0) is 24.4. The quantitative estimate of drug-likeness (QED) is 0.313. The minimum absolute atomic E-state index is 0.312. The number of oxazole rings is 1. The fourth-order valence-corrected chi connectivity index (χ4v) is 4.01. The van der Waals surface area contributed by atoms with Gasteiger partial charge in [-0.05, 0) is 55.1 Å². The second kappa shape index (κ2) is 9.38. The fourth-order valence-electron chi connectivity index (χ4n) is 4.01. The lowest BCUT2D eigenvalue weighted by molar-refractivity contribution is -0.124. The van der Waals surface area contributed by atoms with Crippen LogP contribution in [0.2, 0.25) is 0 Å². The van der Waals surface area contributed by atoms with E-state index in [4.69, 9.17) is 9.15 Å². The zero-order valence-electron chi connectivity index (χ0n) is 19.3. The summed E-state index contributed by atoms with van der Waals surface area (Å²) >= 11 is 0. The number of ether oxygens (including phenoxy) is 1. The Morgan fingerprint density at radius 1 is 0.943 bits per heavy atom. The number of aryl methyl sites for hydroxylation is 1. The van der Waals surface area contributed by atoms with E-state index in [9.17, 15) is 9.59 Å². The van der Waals surface area contributed by atoms with Gasteiger partial charge in [0, 0.05) is 16.6 Å². The summed E-state index contributed by atoms with van der Waals surface area (Å²) < 4.78 is 11.7. The van der Waals surface area contributed by atoms with Crippen LogP contribution in [0.15, 0.2) is 83.3 Å². The van der Waals surface area contributed by atoms with E-state index >= 15 is 0 Å². The van der Waals surface area contributed by atoms with E-state index in [0.717, 1.165) is 16.6 Å². The molecule has 7 heteroatoms. The number of aromatic nitrogens is 2. The monoisotopic (exact) mass is 465 g/mol. The van der Waals surface area contributed by atoms with Crippen molar-refractivity contribution in [3.8, 4) is 11.5 Å². The molecule has 5 rings (SSSR count). The summed E-state index contributed by atoms with van der Waals surface area (Å²) in [6.07, 6.45) is -0.664. The maximum Gasteiger partial charge on any atom is 0.339 e. The maximum absolute atomic E-state index is 13.3. The van der Waals surface area contributed by atoms with Gasteiger partial charge in [0.1, 0.15) is 11.3 Å². The minimum atomic E-state index is -0.975. The highest BCUT2D eigenvalue weighted by atomic mass is 16.5. The maximum atomic E-state index is 13.3. The van der Waals surface area contributed by atoms with E-state index in [0.29, 0.717) is 40.2 Å². The molecule has 5 aromatic rings. The van der Waals surface area contributed by atoms with Crippen molar-refractivity contribution in [1.82, 2.24) is 9.97 Å². The summed E-state index contributed by atoms with van der Waals surface area (Å²) in [5.41, 5.74) is 3.17. The molecular weight excluding hydrogens is 442 g/mol. The van der Waals surface area contributed by atoms with Crippen LogP contribution in [0.1, 0.15) is 29.4 Å². The number of fused-ring (bicyclic) bond motifs is 2. The van der Waals surface area contributed by atoms with Gasteiger partial charge in [-0.3, -0.25) is 4.79 Å². The number of benzene rings is 3. The van der Waals surface area contributed by atoms with Crippen LogP contribution in [-0.4, -0.2) is 27.9 Å². The van der Waals surface area contributed by atoms with Crippen LogP contribution in [0, 0.1) is 6.92 Å². The van der Waals surface area contributed by atoms with Crippen molar-refractivity contribution in [2.45, 2.75) is 26.4 Å². The van der Waals surface area contributed by atoms with E-state index in [1.165, 1.54) is 0 Å². The molecule has 0 saturated carbocycles. The number of carbonyl (C=O) groups excluding carboxylic acids is 2. The van der Waals surface area contributed by atoms with Crippen LogP contribution in [0.25, 0.3) is 33.3 Å². The van der Waals surface area contributed by atoms with Crippen LogP contribution >= 0.6 is 0 Å². The third-order valence-corrected chi connectivity index (χ3v) is 5.70. The van der Waals surface area contributed by atoms with E-state index in [2.05, 4.69) is 15.3 Å². The first-order chi connectivity index (χ1) is 17.0. The Kier molecular flexibility index (Phi) is 5.97. The van der Waals surface area contributed by atoms with E-state index in [1.54, 1.807) is 31.2 Å². The van der Waals surface area contributed by atoms with E-state index in [-0.39, 0.29) is 0 Å². The second-order valence-corrected chi connectivity index (χ2v) is 8.15. The van der Waals surface area contributed by atoms with Gasteiger partial charge in [0.05, 0.1) is 5.56 Å². The predicted molar refractivity (Wildman–Crippen MR) is 134 cm³/mol.